The summed E-state index contributed by atoms with van der Waals surface area (Å²) in [5, 5.41) is 6.79. The van der Waals surface area contributed by atoms with Gasteiger partial charge in [0.15, 0.2) is 5.82 Å². The maximum Gasteiger partial charge on any atom is 0.317 e. The molecule has 8 nitrogen and oxygen atoms in total. The molecule has 2 saturated carbocycles. The van der Waals surface area contributed by atoms with Crippen molar-refractivity contribution in [1.82, 2.24) is 25.3 Å². The summed E-state index contributed by atoms with van der Waals surface area (Å²) in [6, 6.07) is -0.430. The van der Waals surface area contributed by atoms with Gasteiger partial charge in [-0.15, -0.1) is 0 Å². The summed E-state index contributed by atoms with van der Waals surface area (Å²) in [4.78, 5) is 21.8. The number of ether oxygens (including phenoxy) is 1. The zero-order valence-corrected chi connectivity index (χ0v) is 23.3. The van der Waals surface area contributed by atoms with Gasteiger partial charge in [0.05, 0.1) is 18.1 Å². The molecule has 1 aromatic rings. The molecule has 0 radical (unpaired) electrons. The van der Waals surface area contributed by atoms with Gasteiger partial charge in [0.2, 0.25) is 5.89 Å². The molecule has 7 atom stereocenters. The number of nitrogens with zero attached hydrogens (tertiary/aromatic N) is 4. The molecule has 39 heavy (non-hydrogen) atoms. The number of hydrogen-bond donors (Lipinski definition) is 1. The van der Waals surface area contributed by atoms with E-state index in [2.05, 4.69) is 34.2 Å². The fourth-order valence-corrected chi connectivity index (χ4v) is 7.54. The van der Waals surface area contributed by atoms with Gasteiger partial charge in [0.25, 0.3) is 5.92 Å². The standard InChI is InChI=1S/C28H42F3N5O3/c1-16(2)36-17-6-7-18(36)14-19(13-17)38-22-5-4-8-28(30,31)23(22)32-26(37)35-11-9-27(3,10-12-35)25-33-24(39-34-25)20-15-21(20)29/h16-23H,4-15H2,1-3H3,(H,32,37)/t17-,18+,19-,20-,21+,22+,23-/m1/s1. The fraction of sp³-hybridized carbons (Fsp3) is 0.893. The molecule has 11 heteroatoms. The Balaban J connectivity index is 1.06. The second-order valence-corrected chi connectivity index (χ2v) is 13.1. The summed E-state index contributed by atoms with van der Waals surface area (Å²) >= 11 is 0. The Hall–Kier alpha value is -1.88. The summed E-state index contributed by atoms with van der Waals surface area (Å²) in [7, 11) is 0. The smallest absolute Gasteiger partial charge is 0.317 e. The number of hydrogen-bond acceptors (Lipinski definition) is 6. The fourth-order valence-electron chi connectivity index (χ4n) is 7.54. The number of aromatic nitrogens is 2. The molecule has 5 aliphatic rings. The van der Waals surface area contributed by atoms with Crippen LogP contribution in [0.3, 0.4) is 0 Å². The molecule has 1 aromatic heterocycles. The number of piperidine rings is 2. The lowest BCUT2D eigenvalue weighted by Gasteiger charge is -2.45. The maximum atomic E-state index is 15.2. The molecule has 4 heterocycles. The van der Waals surface area contributed by atoms with E-state index in [0.29, 0.717) is 75.0 Å². The molecular formula is C28H42F3N5O3. The van der Waals surface area contributed by atoms with Crippen LogP contribution in [0.4, 0.5) is 18.0 Å². The third-order valence-corrected chi connectivity index (χ3v) is 9.98. The lowest BCUT2D eigenvalue weighted by atomic mass is 9.79. The van der Waals surface area contributed by atoms with E-state index in [1.807, 2.05) is 6.92 Å². The topological polar surface area (TPSA) is 83.7 Å². The molecule has 2 amide bonds. The van der Waals surface area contributed by atoms with Crippen LogP contribution in [0, 0.1) is 0 Å². The zero-order valence-electron chi connectivity index (χ0n) is 23.3. The molecule has 3 saturated heterocycles. The van der Waals surface area contributed by atoms with Gasteiger partial charge in [-0.3, -0.25) is 4.90 Å². The van der Waals surface area contributed by atoms with Gasteiger partial charge in [-0.05, 0) is 71.6 Å². The van der Waals surface area contributed by atoms with Crippen molar-refractivity contribution in [3.63, 3.8) is 0 Å². The quantitative estimate of drug-likeness (QED) is 0.538. The van der Waals surface area contributed by atoms with Crippen LogP contribution in [0.1, 0.15) is 103 Å². The van der Waals surface area contributed by atoms with E-state index in [1.54, 1.807) is 4.90 Å². The number of fused-ring (bicyclic) bond motifs is 2. The SMILES string of the molecule is CC(C)N1[C@@H]2CC[C@H]1C[C@H](O[C@H]1CCCC(F)(F)[C@@H]1NC(=O)N1CCC(C)(c3noc([C@@H]4C[C@@H]4F)n3)CC1)C2. The minimum atomic E-state index is -3.02. The van der Waals surface area contributed by atoms with E-state index in [-0.39, 0.29) is 18.4 Å². The monoisotopic (exact) mass is 553 g/mol. The molecule has 0 aromatic carbocycles. The Morgan fingerprint density at radius 3 is 2.38 bits per heavy atom. The van der Waals surface area contributed by atoms with E-state index in [0.717, 1.165) is 25.7 Å². The normalized spacial score (nSPS) is 37.7. The highest BCUT2D eigenvalue weighted by Crippen LogP contribution is 2.44. The Morgan fingerprint density at radius 2 is 1.77 bits per heavy atom. The van der Waals surface area contributed by atoms with Crippen molar-refractivity contribution in [3.05, 3.63) is 11.7 Å². The van der Waals surface area contributed by atoms with E-state index in [4.69, 9.17) is 9.26 Å². The van der Waals surface area contributed by atoms with E-state index >= 15 is 8.78 Å². The van der Waals surface area contributed by atoms with Crippen LogP contribution in [-0.2, 0) is 10.2 Å². The van der Waals surface area contributed by atoms with Crippen molar-refractivity contribution in [2.75, 3.05) is 13.1 Å². The van der Waals surface area contributed by atoms with Gasteiger partial charge in [-0.1, -0.05) is 12.1 Å². The Bertz CT molecular complexity index is 1030. The average Bonchev–Trinajstić information content (AvgIpc) is 3.28. The minimum absolute atomic E-state index is 0.0466. The number of alkyl halides is 3. The second kappa shape index (κ2) is 10.2. The van der Waals surface area contributed by atoms with E-state index < -0.39 is 35.7 Å². The summed E-state index contributed by atoms with van der Waals surface area (Å²) in [6.07, 6.45) is 4.60. The molecule has 5 fully saturated rings. The molecule has 6 rings (SSSR count). The van der Waals surface area contributed by atoms with Gasteiger partial charge < -0.3 is 19.5 Å². The van der Waals surface area contributed by atoms with Crippen LogP contribution < -0.4 is 5.32 Å². The van der Waals surface area contributed by atoms with Crippen molar-refractivity contribution in [2.45, 2.75) is 145 Å². The Kier molecular flexibility index (Phi) is 7.13. The van der Waals surface area contributed by atoms with Crippen LogP contribution in [0.2, 0.25) is 0 Å². The molecule has 0 unspecified atom stereocenters. The minimum Gasteiger partial charge on any atom is -0.372 e. The van der Waals surface area contributed by atoms with Crippen LogP contribution in [0.5, 0.6) is 0 Å². The van der Waals surface area contributed by atoms with Crippen LogP contribution >= 0.6 is 0 Å². The number of urea groups is 1. The van der Waals surface area contributed by atoms with Crippen LogP contribution in [0.15, 0.2) is 4.52 Å². The summed E-state index contributed by atoms with van der Waals surface area (Å²) in [6.45, 7) is 7.23. The molecule has 218 valence electrons. The lowest BCUT2D eigenvalue weighted by Crippen LogP contribution is -2.61. The molecule has 2 bridgehead atoms. The number of carbonyl (C=O) groups excluding carboxylic acids is 1. The first kappa shape index (κ1) is 27.3. The first-order valence-electron chi connectivity index (χ1n) is 14.9. The first-order chi connectivity index (χ1) is 18.5. The Labute approximate surface area is 228 Å². The maximum absolute atomic E-state index is 15.2. The largest absolute Gasteiger partial charge is 0.372 e. The van der Waals surface area contributed by atoms with Crippen molar-refractivity contribution >= 4 is 6.03 Å². The van der Waals surface area contributed by atoms with Gasteiger partial charge >= 0.3 is 6.03 Å². The highest BCUT2D eigenvalue weighted by Gasteiger charge is 2.51. The number of nitrogens with one attached hydrogen (secondary N) is 1. The van der Waals surface area contributed by atoms with Gasteiger partial charge in [0.1, 0.15) is 12.2 Å². The van der Waals surface area contributed by atoms with E-state index in [9.17, 15) is 9.18 Å². The number of likely N-dealkylation sites (tertiary alicyclic amines) is 1. The van der Waals surface area contributed by atoms with Gasteiger partial charge in [-0.25, -0.2) is 18.0 Å². The highest BCUT2D eigenvalue weighted by molar-refractivity contribution is 5.75. The molecule has 0 spiro atoms. The van der Waals surface area contributed by atoms with E-state index in [1.165, 1.54) is 0 Å². The van der Waals surface area contributed by atoms with Crippen LogP contribution in [-0.4, -0.2) is 87.5 Å². The molecule has 2 aliphatic carbocycles. The number of rotatable bonds is 6. The summed E-state index contributed by atoms with van der Waals surface area (Å²) in [5.41, 5.74) is -0.413. The second-order valence-electron chi connectivity index (χ2n) is 13.1. The third-order valence-electron chi connectivity index (χ3n) is 9.98. The van der Waals surface area contributed by atoms with Crippen molar-refractivity contribution in [1.29, 1.82) is 0 Å². The predicted molar refractivity (Wildman–Crippen MR) is 138 cm³/mol. The first-order valence-corrected chi connectivity index (χ1v) is 14.9. The van der Waals surface area contributed by atoms with Crippen molar-refractivity contribution in [3.8, 4) is 0 Å². The highest BCUT2D eigenvalue weighted by atomic mass is 19.3. The zero-order chi connectivity index (χ0) is 27.5. The van der Waals surface area contributed by atoms with Gasteiger partial charge in [0, 0.05) is 43.1 Å². The predicted octanol–water partition coefficient (Wildman–Crippen LogP) is 4.93. The Morgan fingerprint density at radius 1 is 1.10 bits per heavy atom. The summed E-state index contributed by atoms with van der Waals surface area (Å²) < 4.78 is 55.5. The molecule has 3 aliphatic heterocycles. The molecule has 1 N–H and O–H groups in total. The third kappa shape index (κ3) is 5.29. The van der Waals surface area contributed by atoms with Crippen molar-refractivity contribution in [2.24, 2.45) is 0 Å². The number of halogens is 3. The number of amides is 2. The number of carbonyl (C=O) groups is 1. The van der Waals surface area contributed by atoms with Crippen LogP contribution in [0.25, 0.3) is 0 Å². The average molecular weight is 554 g/mol. The van der Waals surface area contributed by atoms with Gasteiger partial charge in [-0.2, -0.15) is 4.98 Å². The van der Waals surface area contributed by atoms with Crippen molar-refractivity contribution < 1.29 is 27.2 Å². The lowest BCUT2D eigenvalue weighted by molar-refractivity contribution is -0.152. The summed E-state index contributed by atoms with van der Waals surface area (Å²) in [5.74, 6) is -2.45. The molecular weight excluding hydrogens is 511 g/mol.